The third kappa shape index (κ3) is 4.96. The molecule has 8 nitrogen and oxygen atoms in total. The van der Waals surface area contributed by atoms with Gasteiger partial charge >= 0.3 is 6.03 Å². The summed E-state index contributed by atoms with van der Waals surface area (Å²) in [7, 11) is 0. The molecular weight excluding hydrogens is 350 g/mol. The van der Waals surface area contributed by atoms with Crippen molar-refractivity contribution in [2.24, 2.45) is 0 Å². The number of carbonyl (C=O) groups is 1. The molecule has 0 aromatic heterocycles. The van der Waals surface area contributed by atoms with Gasteiger partial charge in [0.15, 0.2) is 0 Å². The van der Waals surface area contributed by atoms with E-state index in [1.54, 1.807) is 4.90 Å². The van der Waals surface area contributed by atoms with E-state index in [0.29, 0.717) is 32.8 Å². The van der Waals surface area contributed by atoms with E-state index in [4.69, 9.17) is 9.47 Å². The van der Waals surface area contributed by atoms with Crippen molar-refractivity contribution in [2.75, 3.05) is 52.5 Å². The molecule has 0 bridgehead atoms. The topological polar surface area (TPSA) is 94.5 Å². The minimum Gasteiger partial charge on any atom is -0.394 e. The van der Waals surface area contributed by atoms with Crippen LogP contribution in [0.3, 0.4) is 0 Å². The number of aliphatic hydroxyl groups excluding tert-OH is 2. The maximum Gasteiger partial charge on any atom is 0.317 e. The highest BCUT2D eigenvalue weighted by molar-refractivity contribution is 5.85. The third-order valence-electron chi connectivity index (χ3n) is 5.21. The van der Waals surface area contributed by atoms with Gasteiger partial charge in [0.05, 0.1) is 32.0 Å². The molecule has 3 heterocycles. The number of rotatable bonds is 4. The average molecular weight is 380 g/mol. The maximum absolute atomic E-state index is 12.2. The van der Waals surface area contributed by atoms with Crippen LogP contribution >= 0.6 is 12.4 Å². The minimum atomic E-state index is -0.724. The molecule has 0 aliphatic carbocycles. The van der Waals surface area contributed by atoms with Gasteiger partial charge in [0.1, 0.15) is 12.2 Å². The van der Waals surface area contributed by atoms with Crippen molar-refractivity contribution in [3.05, 3.63) is 0 Å². The van der Waals surface area contributed by atoms with Gasteiger partial charge < -0.3 is 29.9 Å². The smallest absolute Gasteiger partial charge is 0.317 e. The highest BCUT2D eigenvalue weighted by Crippen LogP contribution is 2.28. The Bertz CT molecular complexity index is 419. The van der Waals surface area contributed by atoms with Crippen LogP contribution in [0.5, 0.6) is 0 Å². The molecule has 9 heteroatoms. The Kier molecular flexibility index (Phi) is 8.18. The quantitative estimate of drug-likeness (QED) is 0.605. The molecule has 3 aliphatic rings. The lowest BCUT2D eigenvalue weighted by Crippen LogP contribution is -2.54. The van der Waals surface area contributed by atoms with Crippen LogP contribution in [0.15, 0.2) is 0 Å². The van der Waals surface area contributed by atoms with Crippen LogP contribution in [0.2, 0.25) is 0 Å². The molecule has 0 radical (unpaired) electrons. The summed E-state index contributed by atoms with van der Waals surface area (Å²) in [5.74, 6) is 0. The molecule has 0 aromatic carbocycles. The number of carbonyl (C=O) groups excluding carboxylic acids is 1. The molecule has 146 valence electrons. The lowest BCUT2D eigenvalue weighted by atomic mass is 9.99. The fourth-order valence-corrected chi connectivity index (χ4v) is 3.88. The maximum atomic E-state index is 12.2. The molecule has 3 saturated heterocycles. The van der Waals surface area contributed by atoms with Crippen LogP contribution < -0.4 is 5.32 Å². The third-order valence-corrected chi connectivity index (χ3v) is 5.21. The number of morpholine rings is 1. The lowest BCUT2D eigenvalue weighted by molar-refractivity contribution is -0.0211. The zero-order valence-electron chi connectivity index (χ0n) is 14.5. The van der Waals surface area contributed by atoms with Crippen LogP contribution in [-0.4, -0.2) is 103 Å². The van der Waals surface area contributed by atoms with Gasteiger partial charge in [-0.1, -0.05) is 6.42 Å². The van der Waals surface area contributed by atoms with Gasteiger partial charge in [0.2, 0.25) is 0 Å². The number of halogens is 1. The van der Waals surface area contributed by atoms with Gasteiger partial charge in [-0.3, -0.25) is 4.90 Å². The first kappa shape index (κ1) is 20.7. The molecule has 4 atom stereocenters. The normalized spacial score (nSPS) is 33.8. The van der Waals surface area contributed by atoms with Crippen LogP contribution in [0.25, 0.3) is 0 Å². The first-order chi connectivity index (χ1) is 11.7. The van der Waals surface area contributed by atoms with Crippen molar-refractivity contribution in [1.82, 2.24) is 15.1 Å². The van der Waals surface area contributed by atoms with Gasteiger partial charge in [-0.05, 0) is 25.9 Å². The van der Waals surface area contributed by atoms with E-state index in [0.717, 1.165) is 25.9 Å². The molecule has 25 heavy (non-hydrogen) atoms. The highest BCUT2D eigenvalue weighted by Gasteiger charge is 2.46. The minimum absolute atomic E-state index is 0. The second-order valence-electron chi connectivity index (χ2n) is 6.76. The molecular formula is C16H30ClN3O5. The van der Waals surface area contributed by atoms with Crippen LogP contribution in [0, 0.1) is 0 Å². The van der Waals surface area contributed by atoms with E-state index in [-0.39, 0.29) is 37.2 Å². The number of nitrogens with one attached hydrogen (secondary N) is 1. The predicted molar refractivity (Wildman–Crippen MR) is 94.0 cm³/mol. The van der Waals surface area contributed by atoms with Crippen LogP contribution in [-0.2, 0) is 9.47 Å². The molecule has 3 rings (SSSR count). The molecule has 3 fully saturated rings. The molecule has 0 aromatic rings. The number of likely N-dealkylation sites (tertiary alicyclic amines) is 1. The van der Waals surface area contributed by atoms with Gasteiger partial charge in [-0.2, -0.15) is 0 Å². The first-order valence-electron chi connectivity index (χ1n) is 8.99. The van der Waals surface area contributed by atoms with E-state index in [1.165, 1.54) is 6.42 Å². The Balaban J connectivity index is 0.00000225. The lowest BCUT2D eigenvalue weighted by Gasteiger charge is -2.36. The SMILES string of the molecule is Cl.O=C(NC[C@H]1O[C@@H](CO)[C@@H](O)[C@H]1N1CCCCC1)N1CCOCC1. The summed E-state index contributed by atoms with van der Waals surface area (Å²) in [6.07, 6.45) is 1.82. The molecule has 0 saturated carbocycles. The molecule has 3 aliphatic heterocycles. The van der Waals surface area contributed by atoms with Crippen molar-refractivity contribution in [2.45, 2.75) is 43.6 Å². The summed E-state index contributed by atoms with van der Waals surface area (Å²) in [5, 5.41) is 22.9. The van der Waals surface area contributed by atoms with E-state index in [9.17, 15) is 15.0 Å². The standard InChI is InChI=1S/C16H29N3O5.ClH/c20-11-13-15(21)14(18-4-2-1-3-5-18)12(24-13)10-17-16(22)19-6-8-23-9-7-19;/h12-15,20-21H,1-11H2,(H,17,22);1H/t12-,13+,14+,15-;/m1./s1. The molecule has 3 N–H and O–H groups in total. The predicted octanol–water partition coefficient (Wildman–Crippen LogP) is -0.575. The average Bonchev–Trinajstić information content (AvgIpc) is 2.96. The number of hydrogen-bond donors (Lipinski definition) is 3. The van der Waals surface area contributed by atoms with Crippen molar-refractivity contribution >= 4 is 18.4 Å². The summed E-state index contributed by atoms with van der Waals surface area (Å²) in [5.41, 5.74) is 0. The van der Waals surface area contributed by atoms with E-state index in [2.05, 4.69) is 10.2 Å². The fourth-order valence-electron chi connectivity index (χ4n) is 3.88. The number of hydrogen-bond acceptors (Lipinski definition) is 6. The second-order valence-corrected chi connectivity index (χ2v) is 6.76. The Labute approximate surface area is 154 Å². The van der Waals surface area contributed by atoms with Crippen LogP contribution in [0.1, 0.15) is 19.3 Å². The highest BCUT2D eigenvalue weighted by atomic mass is 35.5. The number of ether oxygens (including phenoxy) is 2. The van der Waals surface area contributed by atoms with Gasteiger partial charge in [-0.15, -0.1) is 12.4 Å². The van der Waals surface area contributed by atoms with E-state index >= 15 is 0 Å². The first-order valence-corrected chi connectivity index (χ1v) is 8.99. The molecule has 2 amide bonds. The van der Waals surface area contributed by atoms with Crippen molar-refractivity contribution in [3.63, 3.8) is 0 Å². The Morgan fingerprint density at radius 1 is 1.08 bits per heavy atom. The molecule has 0 unspecified atom stereocenters. The monoisotopic (exact) mass is 379 g/mol. The second kappa shape index (κ2) is 9.89. The van der Waals surface area contributed by atoms with E-state index in [1.807, 2.05) is 0 Å². The van der Waals surface area contributed by atoms with Crippen LogP contribution in [0.4, 0.5) is 4.79 Å². The Morgan fingerprint density at radius 3 is 2.40 bits per heavy atom. The zero-order valence-corrected chi connectivity index (χ0v) is 15.3. The van der Waals surface area contributed by atoms with Gasteiger partial charge in [-0.25, -0.2) is 4.79 Å². The van der Waals surface area contributed by atoms with Gasteiger partial charge in [0, 0.05) is 19.6 Å². The fraction of sp³-hybridized carbons (Fsp3) is 0.938. The largest absolute Gasteiger partial charge is 0.394 e. The Morgan fingerprint density at radius 2 is 1.76 bits per heavy atom. The van der Waals surface area contributed by atoms with Crippen molar-refractivity contribution in [3.8, 4) is 0 Å². The Hall–Kier alpha value is -0.640. The summed E-state index contributed by atoms with van der Waals surface area (Å²) in [6.45, 7) is 4.30. The van der Waals surface area contributed by atoms with E-state index < -0.39 is 12.2 Å². The number of amides is 2. The van der Waals surface area contributed by atoms with Crippen molar-refractivity contribution in [1.29, 1.82) is 0 Å². The molecule has 0 spiro atoms. The van der Waals surface area contributed by atoms with Crippen molar-refractivity contribution < 1.29 is 24.5 Å². The zero-order chi connectivity index (χ0) is 16.9. The number of nitrogens with zero attached hydrogens (tertiary/aromatic N) is 2. The summed E-state index contributed by atoms with van der Waals surface area (Å²) in [4.78, 5) is 16.2. The number of urea groups is 1. The summed E-state index contributed by atoms with van der Waals surface area (Å²) < 4.78 is 11.1. The van der Waals surface area contributed by atoms with Gasteiger partial charge in [0.25, 0.3) is 0 Å². The summed E-state index contributed by atoms with van der Waals surface area (Å²) in [6, 6.07) is -0.298. The number of aliphatic hydroxyl groups is 2. The number of piperidine rings is 1. The summed E-state index contributed by atoms with van der Waals surface area (Å²) >= 11 is 0.